The van der Waals surface area contributed by atoms with Gasteiger partial charge in [0.05, 0.1) is 29.2 Å². The third kappa shape index (κ3) is 5.03. The predicted octanol–water partition coefficient (Wildman–Crippen LogP) is 4.31. The van der Waals surface area contributed by atoms with E-state index in [1.54, 1.807) is 0 Å². The Kier molecular flexibility index (Phi) is 7.40. The molecule has 35 heavy (non-hydrogen) atoms. The van der Waals surface area contributed by atoms with Crippen molar-refractivity contribution in [1.82, 2.24) is 14.5 Å². The smallest absolute Gasteiger partial charge is 0.412 e. The highest BCUT2D eigenvalue weighted by atomic mass is 16.5. The summed E-state index contributed by atoms with van der Waals surface area (Å²) in [7, 11) is 4.05. The maximum Gasteiger partial charge on any atom is 0.412 e. The van der Waals surface area contributed by atoms with Gasteiger partial charge >= 0.3 is 12.1 Å². The van der Waals surface area contributed by atoms with E-state index < -0.39 is 12.0 Å². The van der Waals surface area contributed by atoms with Crippen molar-refractivity contribution in [3.8, 4) is 0 Å². The first-order valence-electron chi connectivity index (χ1n) is 12.2. The van der Waals surface area contributed by atoms with Crippen LogP contribution in [0.1, 0.15) is 43.1 Å². The molecule has 186 valence electrons. The number of amides is 1. The number of anilines is 1. The molecule has 0 aliphatic carbocycles. The maximum atomic E-state index is 13.0. The summed E-state index contributed by atoms with van der Waals surface area (Å²) < 4.78 is 7.60. The molecule has 1 aliphatic heterocycles. The van der Waals surface area contributed by atoms with Gasteiger partial charge in [-0.2, -0.15) is 0 Å². The van der Waals surface area contributed by atoms with E-state index in [0.717, 1.165) is 47.4 Å². The van der Waals surface area contributed by atoms with Crippen LogP contribution in [0.25, 0.3) is 11.0 Å². The lowest BCUT2D eigenvalue weighted by atomic mass is 9.95. The SMILES string of the molecule is CCOC(=O)C(Cc1nc2c3c(ccc2n1CCN(C)C)N(C(=O)O)[C@@H](C)CC3)c1ccccc1. The van der Waals surface area contributed by atoms with Crippen molar-refractivity contribution in [2.45, 2.75) is 51.6 Å². The number of carbonyl (C=O) groups is 2. The molecule has 2 aromatic carbocycles. The van der Waals surface area contributed by atoms with Crippen molar-refractivity contribution in [3.05, 3.63) is 59.4 Å². The lowest BCUT2D eigenvalue weighted by Gasteiger charge is -2.33. The Hall–Kier alpha value is -3.39. The molecular formula is C27H34N4O4. The molecule has 2 atom stereocenters. The highest BCUT2D eigenvalue weighted by molar-refractivity contribution is 5.94. The molecule has 0 saturated carbocycles. The van der Waals surface area contributed by atoms with Gasteiger partial charge in [0.2, 0.25) is 0 Å². The minimum Gasteiger partial charge on any atom is -0.466 e. The van der Waals surface area contributed by atoms with Crippen LogP contribution in [0, 0.1) is 0 Å². The number of fused-ring (bicyclic) bond motifs is 3. The van der Waals surface area contributed by atoms with Gasteiger partial charge in [-0.25, -0.2) is 9.78 Å². The molecule has 4 rings (SSSR count). The van der Waals surface area contributed by atoms with Gasteiger partial charge in [0.1, 0.15) is 5.82 Å². The average molecular weight is 479 g/mol. The van der Waals surface area contributed by atoms with Crippen molar-refractivity contribution in [3.63, 3.8) is 0 Å². The number of rotatable bonds is 8. The molecule has 8 heteroatoms. The molecule has 1 aromatic heterocycles. The van der Waals surface area contributed by atoms with Gasteiger partial charge in [0.15, 0.2) is 0 Å². The van der Waals surface area contributed by atoms with Crippen LogP contribution in [0.3, 0.4) is 0 Å². The Balaban J connectivity index is 1.83. The van der Waals surface area contributed by atoms with Crippen molar-refractivity contribution < 1.29 is 19.4 Å². The second-order valence-electron chi connectivity index (χ2n) is 9.37. The summed E-state index contributed by atoms with van der Waals surface area (Å²) in [4.78, 5) is 33.6. The Bertz CT molecular complexity index is 1200. The molecular weight excluding hydrogens is 444 g/mol. The van der Waals surface area contributed by atoms with Crippen LogP contribution in [0.4, 0.5) is 10.5 Å². The fourth-order valence-corrected chi connectivity index (χ4v) is 4.92. The predicted molar refractivity (Wildman–Crippen MR) is 136 cm³/mol. The number of esters is 1. The molecule has 8 nitrogen and oxygen atoms in total. The first-order valence-corrected chi connectivity index (χ1v) is 12.2. The van der Waals surface area contributed by atoms with Crippen LogP contribution in [0.5, 0.6) is 0 Å². The van der Waals surface area contributed by atoms with E-state index in [0.29, 0.717) is 25.3 Å². The fraction of sp³-hybridized carbons (Fsp3) is 0.444. The van der Waals surface area contributed by atoms with Gasteiger partial charge in [0, 0.05) is 31.1 Å². The zero-order chi connectivity index (χ0) is 25.1. The average Bonchev–Trinajstić information content (AvgIpc) is 3.18. The van der Waals surface area contributed by atoms with Gasteiger partial charge in [-0.15, -0.1) is 0 Å². The Morgan fingerprint density at radius 1 is 1.20 bits per heavy atom. The Labute approximate surface area is 206 Å². The molecule has 0 spiro atoms. The number of hydrogen-bond donors (Lipinski definition) is 1. The lowest BCUT2D eigenvalue weighted by Crippen LogP contribution is -2.41. The van der Waals surface area contributed by atoms with Gasteiger partial charge in [0.25, 0.3) is 0 Å². The molecule has 2 heterocycles. The largest absolute Gasteiger partial charge is 0.466 e. The summed E-state index contributed by atoms with van der Waals surface area (Å²) in [6.45, 7) is 5.58. The third-order valence-electron chi connectivity index (χ3n) is 6.73. The molecule has 1 N–H and O–H groups in total. The second kappa shape index (κ2) is 10.5. The first-order chi connectivity index (χ1) is 16.8. The monoisotopic (exact) mass is 478 g/mol. The summed E-state index contributed by atoms with van der Waals surface area (Å²) in [6, 6.07) is 13.5. The van der Waals surface area contributed by atoms with E-state index in [2.05, 4.69) is 9.47 Å². The summed E-state index contributed by atoms with van der Waals surface area (Å²) >= 11 is 0. The molecule has 1 unspecified atom stereocenters. The molecule has 0 fully saturated rings. The maximum absolute atomic E-state index is 13.0. The molecule has 1 amide bonds. The number of imidazole rings is 1. The van der Waals surface area contributed by atoms with Crippen LogP contribution in [0.2, 0.25) is 0 Å². The number of likely N-dealkylation sites (N-methyl/N-ethyl adjacent to an activating group) is 1. The summed E-state index contributed by atoms with van der Waals surface area (Å²) in [5, 5.41) is 9.83. The van der Waals surface area contributed by atoms with E-state index in [1.165, 1.54) is 4.90 Å². The van der Waals surface area contributed by atoms with Crippen molar-refractivity contribution in [2.75, 3.05) is 32.1 Å². The minimum atomic E-state index is -0.948. The summed E-state index contributed by atoms with van der Waals surface area (Å²) in [5.74, 6) is 0.0629. The Morgan fingerprint density at radius 2 is 1.94 bits per heavy atom. The zero-order valence-electron chi connectivity index (χ0n) is 20.9. The number of ether oxygens (including phenoxy) is 1. The number of carboxylic acid groups (broad SMARTS) is 1. The standard InChI is InChI=1S/C27H34N4O4/c1-5-35-26(32)21(19-9-7-6-8-10-19)17-24-28-25-20-12-11-18(2)31(27(33)34)22(20)13-14-23(25)30(24)16-15-29(3)4/h6-10,13-14,18,21H,5,11-12,15-17H2,1-4H3,(H,33,34)/t18-,21?/m0/s1. The van der Waals surface area contributed by atoms with E-state index in [1.807, 2.05) is 70.4 Å². The van der Waals surface area contributed by atoms with Crippen LogP contribution >= 0.6 is 0 Å². The number of hydrogen-bond acceptors (Lipinski definition) is 5. The van der Waals surface area contributed by atoms with Crippen molar-refractivity contribution >= 4 is 28.8 Å². The molecule has 0 saturated heterocycles. The van der Waals surface area contributed by atoms with E-state index in [9.17, 15) is 14.7 Å². The van der Waals surface area contributed by atoms with Gasteiger partial charge < -0.3 is 19.3 Å². The van der Waals surface area contributed by atoms with Crippen LogP contribution in [-0.2, 0) is 28.9 Å². The number of aryl methyl sites for hydroxylation is 1. The molecule has 0 radical (unpaired) electrons. The Morgan fingerprint density at radius 3 is 2.60 bits per heavy atom. The highest BCUT2D eigenvalue weighted by Crippen LogP contribution is 2.37. The molecule has 1 aliphatic rings. The van der Waals surface area contributed by atoms with Crippen LogP contribution in [-0.4, -0.2) is 64.9 Å². The zero-order valence-corrected chi connectivity index (χ0v) is 20.9. The number of aromatic nitrogens is 2. The number of nitrogens with zero attached hydrogens (tertiary/aromatic N) is 4. The van der Waals surface area contributed by atoms with E-state index >= 15 is 0 Å². The van der Waals surface area contributed by atoms with E-state index in [-0.39, 0.29) is 12.0 Å². The van der Waals surface area contributed by atoms with Gasteiger partial charge in [-0.3, -0.25) is 9.69 Å². The highest BCUT2D eigenvalue weighted by Gasteiger charge is 2.31. The minimum absolute atomic E-state index is 0.0842. The molecule has 3 aromatic rings. The van der Waals surface area contributed by atoms with Crippen LogP contribution in [0.15, 0.2) is 42.5 Å². The molecule has 0 bridgehead atoms. The second-order valence-corrected chi connectivity index (χ2v) is 9.37. The van der Waals surface area contributed by atoms with Crippen LogP contribution < -0.4 is 4.90 Å². The quantitative estimate of drug-likeness (QED) is 0.486. The third-order valence-corrected chi connectivity index (χ3v) is 6.73. The van der Waals surface area contributed by atoms with E-state index in [4.69, 9.17) is 9.72 Å². The van der Waals surface area contributed by atoms with Crippen molar-refractivity contribution in [2.24, 2.45) is 0 Å². The lowest BCUT2D eigenvalue weighted by molar-refractivity contribution is -0.145. The van der Waals surface area contributed by atoms with Crippen molar-refractivity contribution in [1.29, 1.82) is 0 Å². The topological polar surface area (TPSA) is 87.9 Å². The number of carbonyl (C=O) groups excluding carboxylic acids is 1. The van der Waals surface area contributed by atoms with Gasteiger partial charge in [-0.05, 0) is 58.5 Å². The number of benzene rings is 2. The summed E-state index contributed by atoms with van der Waals surface area (Å²) in [6.07, 6.45) is 0.963. The fourth-order valence-electron chi connectivity index (χ4n) is 4.92. The normalized spacial score (nSPS) is 16.4. The summed E-state index contributed by atoms with van der Waals surface area (Å²) in [5.41, 5.74) is 4.35. The van der Waals surface area contributed by atoms with Gasteiger partial charge in [-0.1, -0.05) is 30.3 Å². The first kappa shape index (κ1) is 24.7.